The highest BCUT2D eigenvalue weighted by atomic mass is 35.5. The molecule has 10 heteroatoms. The Hall–Kier alpha value is -4.34. The minimum Gasteiger partial charge on any atom is -0.497 e. The summed E-state index contributed by atoms with van der Waals surface area (Å²) in [6.07, 6.45) is 0.218. The Bertz CT molecular complexity index is 1660. The molecule has 0 spiro atoms. The second kappa shape index (κ2) is 14.9. The summed E-state index contributed by atoms with van der Waals surface area (Å²) < 4.78 is 34.5. The van der Waals surface area contributed by atoms with E-state index < -0.39 is 28.5 Å². The van der Waals surface area contributed by atoms with Gasteiger partial charge in [-0.25, -0.2) is 8.42 Å². The van der Waals surface area contributed by atoms with Crippen LogP contribution in [0.25, 0.3) is 0 Å². The molecule has 0 aliphatic carbocycles. The molecule has 0 radical (unpaired) electrons. The van der Waals surface area contributed by atoms with Gasteiger partial charge in [-0.2, -0.15) is 0 Å². The number of hydrogen-bond donors (Lipinski definition) is 1. The average molecular weight is 634 g/mol. The van der Waals surface area contributed by atoms with Gasteiger partial charge >= 0.3 is 0 Å². The molecule has 44 heavy (non-hydrogen) atoms. The van der Waals surface area contributed by atoms with Crippen molar-refractivity contribution in [3.05, 3.63) is 125 Å². The van der Waals surface area contributed by atoms with Crippen molar-refractivity contribution in [3.63, 3.8) is 0 Å². The molecule has 0 bridgehead atoms. The van der Waals surface area contributed by atoms with Gasteiger partial charge in [-0.05, 0) is 67.4 Å². The number of nitrogens with zero attached hydrogens (tertiary/aromatic N) is 2. The number of amides is 2. The van der Waals surface area contributed by atoms with Crippen molar-refractivity contribution in [2.45, 2.75) is 37.8 Å². The van der Waals surface area contributed by atoms with E-state index in [2.05, 4.69) is 5.32 Å². The zero-order chi connectivity index (χ0) is 31.7. The molecule has 4 aromatic carbocycles. The molecule has 0 aromatic heterocycles. The summed E-state index contributed by atoms with van der Waals surface area (Å²) in [5, 5.41) is 3.28. The number of ether oxygens (including phenoxy) is 1. The lowest BCUT2D eigenvalue weighted by Crippen LogP contribution is -2.53. The van der Waals surface area contributed by atoms with Crippen LogP contribution in [-0.4, -0.2) is 51.4 Å². The highest BCUT2D eigenvalue weighted by Gasteiger charge is 2.34. The number of methoxy groups -OCH3 is 1. The summed E-state index contributed by atoms with van der Waals surface area (Å²) >= 11 is 6.52. The monoisotopic (exact) mass is 633 g/mol. The fourth-order valence-corrected chi connectivity index (χ4v) is 6.38. The molecule has 4 aromatic rings. The van der Waals surface area contributed by atoms with Crippen LogP contribution in [0.1, 0.15) is 23.6 Å². The van der Waals surface area contributed by atoms with E-state index in [1.807, 2.05) is 37.3 Å². The summed E-state index contributed by atoms with van der Waals surface area (Å²) in [4.78, 5) is 29.4. The van der Waals surface area contributed by atoms with Crippen LogP contribution in [-0.2, 0) is 32.6 Å². The van der Waals surface area contributed by atoms with Crippen LogP contribution in [0, 0.1) is 6.92 Å². The first-order chi connectivity index (χ1) is 21.1. The second-order valence-electron chi connectivity index (χ2n) is 10.2. The van der Waals surface area contributed by atoms with E-state index in [4.69, 9.17) is 16.3 Å². The largest absolute Gasteiger partial charge is 0.497 e. The smallest absolute Gasteiger partial charge is 0.264 e. The third-order valence-corrected chi connectivity index (χ3v) is 9.33. The van der Waals surface area contributed by atoms with Gasteiger partial charge in [0.1, 0.15) is 18.3 Å². The van der Waals surface area contributed by atoms with Gasteiger partial charge in [-0.1, -0.05) is 77.8 Å². The lowest BCUT2D eigenvalue weighted by atomic mass is 10.0. The molecule has 0 aliphatic heterocycles. The molecular weight excluding hydrogens is 598 g/mol. The van der Waals surface area contributed by atoms with Gasteiger partial charge in [-0.15, -0.1) is 0 Å². The molecular formula is C34H36ClN3O5S. The number of sulfonamides is 1. The van der Waals surface area contributed by atoms with Crippen molar-refractivity contribution in [1.29, 1.82) is 0 Å². The van der Waals surface area contributed by atoms with Crippen LogP contribution in [0.5, 0.6) is 5.75 Å². The first-order valence-electron chi connectivity index (χ1n) is 14.2. The van der Waals surface area contributed by atoms with Gasteiger partial charge in [-0.3, -0.25) is 13.9 Å². The summed E-state index contributed by atoms with van der Waals surface area (Å²) in [5.74, 6) is -0.384. The van der Waals surface area contributed by atoms with Crippen LogP contribution in [0.3, 0.4) is 0 Å². The highest BCUT2D eigenvalue weighted by molar-refractivity contribution is 7.92. The van der Waals surface area contributed by atoms with Gasteiger partial charge in [0.15, 0.2) is 0 Å². The topological polar surface area (TPSA) is 96.0 Å². The van der Waals surface area contributed by atoms with Crippen LogP contribution in [0.2, 0.25) is 5.02 Å². The predicted molar refractivity (Wildman–Crippen MR) is 173 cm³/mol. The van der Waals surface area contributed by atoms with E-state index in [0.29, 0.717) is 22.9 Å². The van der Waals surface area contributed by atoms with Crippen molar-refractivity contribution in [3.8, 4) is 5.75 Å². The zero-order valence-corrected chi connectivity index (χ0v) is 26.5. The Morgan fingerprint density at radius 3 is 2.14 bits per heavy atom. The standard InChI is InChI=1S/C34H36ClN3O5S/c1-4-36-34(40)32(22-26-10-6-5-7-11-26)37(23-27-12-8-9-13-31(27)35)33(39)24-38(28-16-18-29(43-3)19-17-28)44(41,42)30-20-14-25(2)15-21-30/h5-21,32H,4,22-24H2,1-3H3,(H,36,40). The number of likely N-dealkylation sites (N-methyl/N-ethyl adjacent to an activating group) is 1. The maximum atomic E-state index is 14.4. The number of hydrogen-bond acceptors (Lipinski definition) is 5. The molecule has 230 valence electrons. The van der Waals surface area contributed by atoms with Gasteiger partial charge < -0.3 is 15.0 Å². The first-order valence-corrected chi connectivity index (χ1v) is 16.0. The van der Waals surface area contributed by atoms with Gasteiger partial charge in [0.2, 0.25) is 11.8 Å². The number of carbonyl (C=O) groups is 2. The van der Waals surface area contributed by atoms with Crippen LogP contribution < -0.4 is 14.4 Å². The van der Waals surface area contributed by atoms with Gasteiger partial charge in [0.05, 0.1) is 17.7 Å². The number of anilines is 1. The molecule has 0 saturated carbocycles. The Labute approximate surface area is 264 Å². The van der Waals surface area contributed by atoms with Crippen molar-refractivity contribution in [2.75, 3.05) is 24.5 Å². The maximum Gasteiger partial charge on any atom is 0.264 e. The quantitative estimate of drug-likeness (QED) is 0.206. The van der Waals surface area contributed by atoms with E-state index in [-0.39, 0.29) is 29.5 Å². The fourth-order valence-electron chi connectivity index (χ4n) is 4.77. The fraction of sp³-hybridized carbons (Fsp3) is 0.235. The minimum atomic E-state index is -4.20. The Kier molecular flexibility index (Phi) is 11.0. The van der Waals surface area contributed by atoms with Gasteiger partial charge in [0.25, 0.3) is 10.0 Å². The van der Waals surface area contributed by atoms with Crippen molar-refractivity contribution < 1.29 is 22.7 Å². The zero-order valence-electron chi connectivity index (χ0n) is 24.9. The number of benzene rings is 4. The molecule has 1 N–H and O–H groups in total. The molecule has 2 amide bonds. The van der Waals surface area contributed by atoms with Crippen molar-refractivity contribution >= 4 is 39.1 Å². The van der Waals surface area contributed by atoms with Crippen LogP contribution in [0.15, 0.2) is 108 Å². The van der Waals surface area contributed by atoms with E-state index in [1.165, 1.54) is 24.1 Å². The molecule has 0 fully saturated rings. The summed E-state index contributed by atoms with van der Waals surface area (Å²) in [7, 11) is -2.68. The van der Waals surface area contributed by atoms with E-state index in [1.54, 1.807) is 67.6 Å². The molecule has 0 saturated heterocycles. The van der Waals surface area contributed by atoms with Crippen molar-refractivity contribution in [2.24, 2.45) is 0 Å². The van der Waals surface area contributed by atoms with E-state index in [0.717, 1.165) is 15.4 Å². The number of aryl methyl sites for hydroxylation is 1. The summed E-state index contributed by atoms with van der Waals surface area (Å²) in [6.45, 7) is 3.46. The Morgan fingerprint density at radius 2 is 1.52 bits per heavy atom. The van der Waals surface area contributed by atoms with Gasteiger partial charge in [0, 0.05) is 24.5 Å². The molecule has 8 nitrogen and oxygen atoms in total. The molecule has 4 rings (SSSR count). The van der Waals surface area contributed by atoms with E-state index >= 15 is 0 Å². The Morgan fingerprint density at radius 1 is 0.886 bits per heavy atom. The molecule has 0 aliphatic rings. The summed E-state index contributed by atoms with van der Waals surface area (Å²) in [6, 6.07) is 28.4. The lowest BCUT2D eigenvalue weighted by Gasteiger charge is -2.34. The third kappa shape index (κ3) is 7.98. The first kappa shape index (κ1) is 32.6. The normalized spacial score (nSPS) is 11.8. The Balaban J connectivity index is 1.80. The minimum absolute atomic E-state index is 0.00578. The van der Waals surface area contributed by atoms with Crippen LogP contribution >= 0.6 is 11.6 Å². The average Bonchev–Trinajstić information content (AvgIpc) is 3.03. The van der Waals surface area contributed by atoms with E-state index in [9.17, 15) is 18.0 Å². The van der Waals surface area contributed by atoms with Crippen LogP contribution in [0.4, 0.5) is 5.69 Å². The SMILES string of the molecule is CCNC(=O)C(Cc1ccccc1)N(Cc1ccccc1Cl)C(=O)CN(c1ccc(OC)cc1)S(=O)(=O)c1ccc(C)cc1. The number of nitrogens with one attached hydrogen (secondary N) is 1. The second-order valence-corrected chi connectivity index (χ2v) is 12.5. The third-order valence-electron chi connectivity index (χ3n) is 7.17. The number of halogens is 1. The molecule has 1 unspecified atom stereocenters. The lowest BCUT2D eigenvalue weighted by molar-refractivity contribution is -0.140. The predicted octanol–water partition coefficient (Wildman–Crippen LogP) is 5.63. The summed E-state index contributed by atoms with van der Waals surface area (Å²) in [5.41, 5.74) is 2.64. The van der Waals surface area contributed by atoms with Crippen molar-refractivity contribution in [1.82, 2.24) is 10.2 Å². The maximum absolute atomic E-state index is 14.4. The number of rotatable bonds is 13. The molecule has 1 atom stereocenters. The highest BCUT2D eigenvalue weighted by Crippen LogP contribution is 2.27. The number of carbonyl (C=O) groups excluding carboxylic acids is 2. The molecule has 0 heterocycles.